The van der Waals surface area contributed by atoms with Crippen LogP contribution >= 0.6 is 0 Å². The Hall–Kier alpha value is -1.36. The summed E-state index contributed by atoms with van der Waals surface area (Å²) in [5, 5.41) is 2.82. The lowest BCUT2D eigenvalue weighted by molar-refractivity contribution is -0.135. The summed E-state index contributed by atoms with van der Waals surface area (Å²) < 4.78 is 0. The maximum absolute atomic E-state index is 11.6. The van der Waals surface area contributed by atoms with E-state index in [1.165, 1.54) is 4.90 Å². The minimum Gasteiger partial charge on any atom is -0.352 e. The molecular formula is C11H19N3O2. The zero-order chi connectivity index (χ0) is 12.1. The van der Waals surface area contributed by atoms with Crippen molar-refractivity contribution in [3.05, 3.63) is 12.7 Å². The molecule has 5 heteroatoms. The molecule has 0 aromatic carbocycles. The number of hydrogen-bond acceptors (Lipinski definition) is 3. The first-order valence-corrected chi connectivity index (χ1v) is 5.45. The van der Waals surface area contributed by atoms with Crippen molar-refractivity contribution in [1.29, 1.82) is 0 Å². The molecule has 0 heterocycles. The average molecular weight is 225 g/mol. The molecule has 1 aliphatic carbocycles. The molecule has 0 aromatic rings. The fourth-order valence-corrected chi connectivity index (χ4v) is 1.36. The molecule has 90 valence electrons. The monoisotopic (exact) mass is 225 g/mol. The molecule has 1 unspecified atom stereocenters. The SMILES string of the molecule is C=CCC(N)C(=O)N(C)CC(=O)NC1CC1. The highest BCUT2D eigenvalue weighted by Gasteiger charge is 2.25. The summed E-state index contributed by atoms with van der Waals surface area (Å²) >= 11 is 0. The van der Waals surface area contributed by atoms with Gasteiger partial charge in [-0.05, 0) is 19.3 Å². The van der Waals surface area contributed by atoms with Gasteiger partial charge in [0.1, 0.15) is 0 Å². The van der Waals surface area contributed by atoms with E-state index in [0.29, 0.717) is 12.5 Å². The molecule has 2 amide bonds. The van der Waals surface area contributed by atoms with Gasteiger partial charge in [0.05, 0.1) is 12.6 Å². The van der Waals surface area contributed by atoms with Crippen LogP contribution in [0.15, 0.2) is 12.7 Å². The van der Waals surface area contributed by atoms with Gasteiger partial charge in [-0.15, -0.1) is 6.58 Å². The van der Waals surface area contributed by atoms with Crippen LogP contribution in [0.1, 0.15) is 19.3 Å². The Morgan fingerprint density at radius 3 is 2.75 bits per heavy atom. The predicted molar refractivity (Wildman–Crippen MR) is 61.6 cm³/mol. The van der Waals surface area contributed by atoms with Crippen molar-refractivity contribution < 1.29 is 9.59 Å². The Morgan fingerprint density at radius 1 is 1.62 bits per heavy atom. The number of nitrogens with one attached hydrogen (secondary N) is 1. The minimum atomic E-state index is -0.601. The normalized spacial score (nSPS) is 16.4. The molecule has 1 fully saturated rings. The molecule has 0 bridgehead atoms. The molecule has 0 aromatic heterocycles. The third-order valence-electron chi connectivity index (χ3n) is 2.44. The Kier molecular flexibility index (Phi) is 4.49. The number of hydrogen-bond donors (Lipinski definition) is 2. The summed E-state index contributed by atoms with van der Waals surface area (Å²) in [6.07, 6.45) is 4.10. The molecule has 3 N–H and O–H groups in total. The van der Waals surface area contributed by atoms with Crippen LogP contribution in [0.5, 0.6) is 0 Å². The lowest BCUT2D eigenvalue weighted by Gasteiger charge is -2.20. The van der Waals surface area contributed by atoms with Gasteiger partial charge in [-0.1, -0.05) is 6.08 Å². The highest BCUT2D eigenvalue weighted by atomic mass is 16.2. The van der Waals surface area contributed by atoms with Gasteiger partial charge < -0.3 is 16.0 Å². The lowest BCUT2D eigenvalue weighted by atomic mass is 10.2. The van der Waals surface area contributed by atoms with Crippen LogP contribution in [0.2, 0.25) is 0 Å². The van der Waals surface area contributed by atoms with Crippen LogP contribution < -0.4 is 11.1 Å². The summed E-state index contributed by atoms with van der Waals surface area (Å²) in [5.74, 6) is -0.352. The van der Waals surface area contributed by atoms with Crippen molar-refractivity contribution in [2.24, 2.45) is 5.73 Å². The van der Waals surface area contributed by atoms with Gasteiger partial charge in [0, 0.05) is 13.1 Å². The first-order chi connectivity index (χ1) is 7.54. The van der Waals surface area contributed by atoms with Crippen LogP contribution in [-0.2, 0) is 9.59 Å². The number of amides is 2. The van der Waals surface area contributed by atoms with Gasteiger partial charge in [-0.3, -0.25) is 9.59 Å². The standard InChI is InChI=1S/C11H19N3O2/c1-3-4-9(12)11(16)14(2)7-10(15)13-8-5-6-8/h3,8-9H,1,4-7,12H2,2H3,(H,13,15). The number of rotatable bonds is 6. The van der Waals surface area contributed by atoms with Gasteiger partial charge in [0.15, 0.2) is 0 Å². The van der Waals surface area contributed by atoms with E-state index in [-0.39, 0.29) is 18.4 Å². The highest BCUT2D eigenvalue weighted by molar-refractivity contribution is 5.87. The van der Waals surface area contributed by atoms with Crippen molar-refractivity contribution in [2.45, 2.75) is 31.3 Å². The lowest BCUT2D eigenvalue weighted by Crippen LogP contribution is -2.46. The zero-order valence-corrected chi connectivity index (χ0v) is 9.61. The van der Waals surface area contributed by atoms with Gasteiger partial charge in [-0.2, -0.15) is 0 Å². The minimum absolute atomic E-state index is 0.0696. The van der Waals surface area contributed by atoms with Crippen molar-refractivity contribution in [3.63, 3.8) is 0 Å². The Balaban J connectivity index is 2.31. The molecule has 1 atom stereocenters. The van der Waals surface area contributed by atoms with E-state index >= 15 is 0 Å². The number of nitrogens with two attached hydrogens (primary N) is 1. The van der Waals surface area contributed by atoms with Gasteiger partial charge in [-0.25, -0.2) is 0 Å². The summed E-state index contributed by atoms with van der Waals surface area (Å²) in [6.45, 7) is 3.59. The maximum atomic E-state index is 11.6. The number of nitrogens with zero attached hydrogens (tertiary/aromatic N) is 1. The Bertz CT molecular complexity index is 287. The van der Waals surface area contributed by atoms with E-state index in [1.807, 2.05) is 0 Å². The van der Waals surface area contributed by atoms with Crippen molar-refractivity contribution in [1.82, 2.24) is 10.2 Å². The van der Waals surface area contributed by atoms with Gasteiger partial charge >= 0.3 is 0 Å². The van der Waals surface area contributed by atoms with Crippen LogP contribution in [0.3, 0.4) is 0 Å². The maximum Gasteiger partial charge on any atom is 0.240 e. The molecule has 0 aliphatic heterocycles. The summed E-state index contributed by atoms with van der Waals surface area (Å²) in [7, 11) is 1.58. The van der Waals surface area contributed by atoms with Crippen LogP contribution in [0.4, 0.5) is 0 Å². The van der Waals surface area contributed by atoms with Gasteiger partial charge in [0.25, 0.3) is 0 Å². The van der Waals surface area contributed by atoms with Crippen LogP contribution in [-0.4, -0.2) is 42.4 Å². The quantitative estimate of drug-likeness (QED) is 0.605. The zero-order valence-electron chi connectivity index (χ0n) is 9.61. The molecule has 0 radical (unpaired) electrons. The molecule has 16 heavy (non-hydrogen) atoms. The second kappa shape index (κ2) is 5.65. The Labute approximate surface area is 95.7 Å². The van der Waals surface area contributed by atoms with E-state index in [0.717, 1.165) is 12.8 Å². The molecule has 1 aliphatic rings. The topological polar surface area (TPSA) is 75.4 Å². The fourth-order valence-electron chi connectivity index (χ4n) is 1.36. The highest BCUT2D eigenvalue weighted by Crippen LogP contribution is 2.18. The number of likely N-dealkylation sites (N-methyl/N-ethyl adjacent to an activating group) is 1. The largest absolute Gasteiger partial charge is 0.352 e. The van der Waals surface area contributed by atoms with E-state index in [2.05, 4.69) is 11.9 Å². The fraction of sp³-hybridized carbons (Fsp3) is 0.636. The molecule has 5 nitrogen and oxygen atoms in total. The predicted octanol–water partition coefficient (Wildman–Crippen LogP) is -0.373. The van der Waals surface area contributed by atoms with Crippen molar-refractivity contribution in [2.75, 3.05) is 13.6 Å². The second-order valence-electron chi connectivity index (χ2n) is 4.17. The summed E-state index contributed by atoms with van der Waals surface area (Å²) in [5.41, 5.74) is 5.62. The summed E-state index contributed by atoms with van der Waals surface area (Å²) in [4.78, 5) is 24.4. The molecule has 0 saturated heterocycles. The Morgan fingerprint density at radius 2 is 2.25 bits per heavy atom. The van der Waals surface area contributed by atoms with E-state index in [1.54, 1.807) is 13.1 Å². The third kappa shape index (κ3) is 4.02. The smallest absolute Gasteiger partial charge is 0.240 e. The third-order valence-corrected chi connectivity index (χ3v) is 2.44. The first kappa shape index (κ1) is 12.7. The number of carbonyl (C=O) groups is 2. The van der Waals surface area contributed by atoms with Crippen molar-refractivity contribution in [3.8, 4) is 0 Å². The number of carbonyl (C=O) groups excluding carboxylic acids is 2. The molecular weight excluding hydrogens is 206 g/mol. The first-order valence-electron chi connectivity index (χ1n) is 5.45. The van der Waals surface area contributed by atoms with E-state index in [4.69, 9.17) is 5.73 Å². The average Bonchev–Trinajstić information content (AvgIpc) is 3.00. The van der Waals surface area contributed by atoms with Crippen LogP contribution in [0, 0.1) is 0 Å². The van der Waals surface area contributed by atoms with Crippen molar-refractivity contribution >= 4 is 11.8 Å². The van der Waals surface area contributed by atoms with E-state index in [9.17, 15) is 9.59 Å². The molecule has 1 saturated carbocycles. The second-order valence-corrected chi connectivity index (χ2v) is 4.17. The van der Waals surface area contributed by atoms with E-state index < -0.39 is 6.04 Å². The molecule has 1 rings (SSSR count). The molecule has 0 spiro atoms. The van der Waals surface area contributed by atoms with Gasteiger partial charge in [0.2, 0.25) is 11.8 Å². The van der Waals surface area contributed by atoms with Crippen LogP contribution in [0.25, 0.3) is 0 Å². The summed E-state index contributed by atoms with van der Waals surface area (Å²) in [6, 6.07) is -0.283.